The lowest BCUT2D eigenvalue weighted by molar-refractivity contribution is -0.122. The van der Waals surface area contributed by atoms with Crippen LogP contribution in [0.4, 0.5) is 0 Å². The Balaban J connectivity index is 1.35. The molecule has 4 saturated heterocycles. The number of rotatable bonds is 9. The molecular weight excluding hydrogens is 546 g/mol. The molecule has 3 N–H and O–H groups in total. The van der Waals surface area contributed by atoms with E-state index in [0.29, 0.717) is 98.5 Å². The number of hydrogen-bond donors (Lipinski definition) is 3. The Morgan fingerprint density at radius 1 is 0.381 bits per heavy atom. The average Bonchev–Trinajstić information content (AvgIpc) is 3.03. The number of hydrogen-bond acceptors (Lipinski definition) is 12. The standard InChI is InChI=1S/C30H57N3O9/c34-28(22-37-16-1-17-38-23-28)4-7-31-10-12-32(8-5-29(35)24-39-18-2-19-40-25-29)14-15-33(13-11-31)9-6-30(36)26-41-20-3-21-42-27-30/h34-36H,1-27H2. The Morgan fingerprint density at radius 3 is 0.810 bits per heavy atom. The van der Waals surface area contributed by atoms with Crippen molar-refractivity contribution in [2.24, 2.45) is 0 Å². The summed E-state index contributed by atoms with van der Waals surface area (Å²) in [5, 5.41) is 33.6. The first kappa shape index (κ1) is 34.4. The van der Waals surface area contributed by atoms with Gasteiger partial charge in [0.05, 0.1) is 39.6 Å². The van der Waals surface area contributed by atoms with E-state index in [9.17, 15) is 15.3 Å². The van der Waals surface area contributed by atoms with E-state index in [1.165, 1.54) is 0 Å². The predicted molar refractivity (Wildman–Crippen MR) is 157 cm³/mol. The first-order valence-corrected chi connectivity index (χ1v) is 16.2. The Labute approximate surface area is 252 Å². The van der Waals surface area contributed by atoms with Gasteiger partial charge in [0.2, 0.25) is 0 Å². The molecule has 12 nitrogen and oxygen atoms in total. The highest BCUT2D eigenvalue weighted by molar-refractivity contribution is 4.85. The van der Waals surface area contributed by atoms with Gasteiger partial charge < -0.3 is 58.4 Å². The highest BCUT2D eigenvalue weighted by Crippen LogP contribution is 2.19. The van der Waals surface area contributed by atoms with Gasteiger partial charge in [0, 0.05) is 98.5 Å². The van der Waals surface area contributed by atoms with Gasteiger partial charge in [-0.25, -0.2) is 0 Å². The number of nitrogens with zero attached hydrogens (tertiary/aromatic N) is 3. The fourth-order valence-electron chi connectivity index (χ4n) is 5.87. The summed E-state index contributed by atoms with van der Waals surface area (Å²) in [6.07, 6.45) is 4.31. The fraction of sp³-hybridized carbons (Fsp3) is 1.00. The zero-order valence-corrected chi connectivity index (χ0v) is 25.7. The van der Waals surface area contributed by atoms with Crippen LogP contribution in [0.25, 0.3) is 0 Å². The van der Waals surface area contributed by atoms with Crippen molar-refractivity contribution in [2.75, 3.05) is 138 Å². The van der Waals surface area contributed by atoms with Crippen LogP contribution in [-0.2, 0) is 28.4 Å². The highest BCUT2D eigenvalue weighted by Gasteiger charge is 2.33. The molecular formula is C30H57N3O9. The average molecular weight is 604 g/mol. The molecule has 0 spiro atoms. The Bertz CT molecular complexity index is 618. The minimum atomic E-state index is -0.985. The van der Waals surface area contributed by atoms with E-state index in [1.54, 1.807) is 0 Å². The van der Waals surface area contributed by atoms with E-state index in [-0.39, 0.29) is 0 Å². The molecule has 0 aromatic carbocycles. The number of ether oxygens (including phenoxy) is 6. The van der Waals surface area contributed by atoms with Crippen molar-refractivity contribution in [3.8, 4) is 0 Å². The molecule has 246 valence electrons. The molecule has 4 aliphatic heterocycles. The Morgan fingerprint density at radius 2 is 0.595 bits per heavy atom. The third kappa shape index (κ3) is 12.5. The smallest absolute Gasteiger partial charge is 0.112 e. The summed E-state index contributed by atoms with van der Waals surface area (Å²) in [6, 6.07) is 0. The molecule has 0 saturated carbocycles. The molecule has 0 aromatic heterocycles. The molecule has 0 aromatic rings. The maximum atomic E-state index is 11.2. The molecule has 4 aliphatic rings. The van der Waals surface area contributed by atoms with Crippen LogP contribution in [0.2, 0.25) is 0 Å². The van der Waals surface area contributed by atoms with Gasteiger partial charge in [-0.1, -0.05) is 0 Å². The molecule has 4 heterocycles. The van der Waals surface area contributed by atoms with Crippen LogP contribution < -0.4 is 0 Å². The van der Waals surface area contributed by atoms with Gasteiger partial charge in [-0.15, -0.1) is 0 Å². The van der Waals surface area contributed by atoms with Gasteiger partial charge in [-0.2, -0.15) is 0 Å². The summed E-state index contributed by atoms with van der Waals surface area (Å²) in [4.78, 5) is 7.24. The van der Waals surface area contributed by atoms with Crippen molar-refractivity contribution < 1.29 is 43.7 Å². The van der Waals surface area contributed by atoms with Gasteiger partial charge >= 0.3 is 0 Å². The summed E-state index contributed by atoms with van der Waals surface area (Å²) in [6.45, 7) is 12.8. The van der Waals surface area contributed by atoms with E-state index in [0.717, 1.165) is 78.2 Å². The highest BCUT2D eigenvalue weighted by atomic mass is 16.5. The third-order valence-electron chi connectivity index (χ3n) is 8.83. The van der Waals surface area contributed by atoms with E-state index in [4.69, 9.17) is 28.4 Å². The van der Waals surface area contributed by atoms with Crippen LogP contribution in [-0.4, -0.2) is 185 Å². The van der Waals surface area contributed by atoms with Crippen LogP contribution in [0.1, 0.15) is 38.5 Å². The van der Waals surface area contributed by atoms with Gasteiger partial charge in [0.15, 0.2) is 0 Å². The van der Waals surface area contributed by atoms with Crippen LogP contribution in [0.3, 0.4) is 0 Å². The van der Waals surface area contributed by atoms with Crippen molar-refractivity contribution >= 4 is 0 Å². The second-order valence-corrected chi connectivity index (χ2v) is 12.8. The van der Waals surface area contributed by atoms with Crippen LogP contribution >= 0.6 is 0 Å². The minimum Gasteiger partial charge on any atom is -0.385 e. The van der Waals surface area contributed by atoms with Crippen LogP contribution in [0.15, 0.2) is 0 Å². The van der Waals surface area contributed by atoms with E-state index in [1.807, 2.05) is 0 Å². The SMILES string of the molecule is OC1(CCN2CCN(CCC3(O)COCCCOC3)CCN(CCC3(O)COCCCOC3)CC2)COCCCOC1. The van der Waals surface area contributed by atoms with Gasteiger partial charge in [-0.05, 0) is 38.5 Å². The Hall–Kier alpha value is -0.480. The van der Waals surface area contributed by atoms with Gasteiger partial charge in [0.1, 0.15) is 16.8 Å². The van der Waals surface area contributed by atoms with E-state index < -0.39 is 16.8 Å². The molecule has 0 amide bonds. The zero-order valence-electron chi connectivity index (χ0n) is 25.7. The van der Waals surface area contributed by atoms with Crippen molar-refractivity contribution in [3.05, 3.63) is 0 Å². The van der Waals surface area contributed by atoms with E-state index in [2.05, 4.69) is 14.7 Å². The lowest BCUT2D eigenvalue weighted by Crippen LogP contribution is -2.46. The maximum absolute atomic E-state index is 11.2. The summed E-state index contributed by atoms with van der Waals surface area (Å²) >= 11 is 0. The molecule has 12 heteroatoms. The summed E-state index contributed by atoms with van der Waals surface area (Å²) in [5.41, 5.74) is -2.95. The van der Waals surface area contributed by atoms with Crippen molar-refractivity contribution in [3.63, 3.8) is 0 Å². The third-order valence-corrected chi connectivity index (χ3v) is 8.83. The van der Waals surface area contributed by atoms with Gasteiger partial charge in [0.25, 0.3) is 0 Å². The summed E-state index contributed by atoms with van der Waals surface area (Å²) in [5.74, 6) is 0. The second-order valence-electron chi connectivity index (χ2n) is 12.8. The summed E-state index contributed by atoms with van der Waals surface area (Å²) in [7, 11) is 0. The lowest BCUT2D eigenvalue weighted by atomic mass is 10.0. The normalized spacial score (nSPS) is 28.1. The first-order valence-electron chi connectivity index (χ1n) is 16.2. The summed E-state index contributed by atoms with van der Waals surface area (Å²) < 4.78 is 34.2. The van der Waals surface area contributed by atoms with Crippen LogP contribution in [0.5, 0.6) is 0 Å². The first-order chi connectivity index (χ1) is 20.4. The van der Waals surface area contributed by atoms with E-state index >= 15 is 0 Å². The fourth-order valence-corrected chi connectivity index (χ4v) is 5.87. The van der Waals surface area contributed by atoms with Gasteiger partial charge in [-0.3, -0.25) is 0 Å². The van der Waals surface area contributed by atoms with Crippen molar-refractivity contribution in [1.82, 2.24) is 14.7 Å². The molecule has 4 fully saturated rings. The van der Waals surface area contributed by atoms with Crippen molar-refractivity contribution in [1.29, 1.82) is 0 Å². The molecule has 0 radical (unpaired) electrons. The topological polar surface area (TPSA) is 126 Å². The Kier molecular flexibility index (Phi) is 14.6. The zero-order chi connectivity index (χ0) is 29.6. The molecule has 0 atom stereocenters. The van der Waals surface area contributed by atoms with Crippen LogP contribution in [0, 0.1) is 0 Å². The number of aliphatic hydroxyl groups is 3. The molecule has 4 rings (SSSR count). The molecule has 0 bridgehead atoms. The molecule has 42 heavy (non-hydrogen) atoms. The quantitative estimate of drug-likeness (QED) is 0.317. The predicted octanol–water partition coefficient (Wildman–Crippen LogP) is -0.420. The second kappa shape index (κ2) is 17.9. The molecule has 0 aliphatic carbocycles. The largest absolute Gasteiger partial charge is 0.385 e. The minimum absolute atomic E-state index is 0.296. The van der Waals surface area contributed by atoms with Crippen molar-refractivity contribution in [2.45, 2.75) is 55.3 Å². The monoisotopic (exact) mass is 603 g/mol. The molecule has 0 unspecified atom stereocenters. The maximum Gasteiger partial charge on any atom is 0.112 e. The lowest BCUT2D eigenvalue weighted by Gasteiger charge is -2.34.